The summed E-state index contributed by atoms with van der Waals surface area (Å²) in [5.74, 6) is -0.690. The van der Waals surface area contributed by atoms with Crippen LogP contribution in [0.4, 0.5) is 5.69 Å². The Labute approximate surface area is 224 Å². The lowest BCUT2D eigenvalue weighted by molar-refractivity contribution is -0.113. The van der Waals surface area contributed by atoms with Crippen molar-refractivity contribution in [2.24, 2.45) is 0 Å². The number of aromatic nitrogens is 3. The van der Waals surface area contributed by atoms with Crippen LogP contribution in [-0.4, -0.2) is 44.3 Å². The predicted octanol–water partition coefficient (Wildman–Crippen LogP) is 5.96. The number of carboxylic acids is 1. The lowest BCUT2D eigenvalue weighted by atomic mass is 9.99. The molecule has 1 aliphatic rings. The second-order valence-electron chi connectivity index (χ2n) is 7.92. The molecule has 0 atom stereocenters. The summed E-state index contributed by atoms with van der Waals surface area (Å²) >= 11 is 10.9. The molecule has 1 heterocycles. The largest absolute Gasteiger partial charge is 0.478 e. The third-order valence-corrected chi connectivity index (χ3v) is 7.36. The highest BCUT2D eigenvalue weighted by Crippen LogP contribution is 2.44. The van der Waals surface area contributed by atoms with Crippen LogP contribution in [-0.2, 0) is 9.59 Å². The summed E-state index contributed by atoms with van der Waals surface area (Å²) in [7, 11) is 0. The summed E-state index contributed by atoms with van der Waals surface area (Å²) in [5, 5.41) is 23.2. The number of thioether (sulfide) groups is 1. The van der Waals surface area contributed by atoms with Gasteiger partial charge in [-0.2, -0.15) is 0 Å². The van der Waals surface area contributed by atoms with Crippen molar-refractivity contribution >= 4 is 74.4 Å². The van der Waals surface area contributed by atoms with Gasteiger partial charge in [0.2, 0.25) is 10.6 Å². The van der Waals surface area contributed by atoms with Gasteiger partial charge in [0.1, 0.15) is 6.79 Å². The van der Waals surface area contributed by atoms with Crippen LogP contribution in [0.5, 0.6) is 0 Å². The van der Waals surface area contributed by atoms with Gasteiger partial charge >= 0.3 is 5.97 Å². The number of amides is 1. The first-order chi connectivity index (χ1) is 17.4. The maximum absolute atomic E-state index is 12.6. The fraction of sp³-hybridized carbons (Fsp3) is 0.160. The molecule has 3 aromatic carbocycles. The number of carboxylic acid groups (broad SMARTS) is 1. The molecule has 0 radical (unpaired) electrons. The average molecular weight is 588 g/mol. The third-order valence-electron chi connectivity index (χ3n) is 5.61. The van der Waals surface area contributed by atoms with Gasteiger partial charge in [-0.1, -0.05) is 53.7 Å². The summed E-state index contributed by atoms with van der Waals surface area (Å²) in [6.07, 6.45) is 2.44. The second-order valence-corrected chi connectivity index (χ2v) is 9.98. The smallest absolute Gasteiger partial charge is 0.335 e. The quantitative estimate of drug-likeness (QED) is 0.257. The van der Waals surface area contributed by atoms with E-state index in [0.717, 1.165) is 11.1 Å². The van der Waals surface area contributed by atoms with E-state index in [1.165, 1.54) is 53.8 Å². The van der Waals surface area contributed by atoms with E-state index in [0.29, 0.717) is 21.5 Å². The SMILES string of the molecule is C=O.O=C(CSc1nnc(Br)n1-c1ccc(C2CC2)c2ccccc12)Nc1ccc(C(=O)O)cc1Cl. The summed E-state index contributed by atoms with van der Waals surface area (Å²) in [4.78, 5) is 31.6. The monoisotopic (exact) mass is 586 g/mol. The topological polar surface area (TPSA) is 114 Å². The van der Waals surface area contributed by atoms with Gasteiger partial charge < -0.3 is 15.2 Å². The Kier molecular flexibility index (Phi) is 8.07. The van der Waals surface area contributed by atoms with Crippen LogP contribution in [0, 0.1) is 0 Å². The molecule has 1 fully saturated rings. The molecule has 0 bridgehead atoms. The normalized spacial score (nSPS) is 12.6. The van der Waals surface area contributed by atoms with E-state index in [1.807, 2.05) is 23.5 Å². The van der Waals surface area contributed by atoms with Crippen molar-refractivity contribution in [1.29, 1.82) is 0 Å². The first-order valence-corrected chi connectivity index (χ1v) is 13.0. The van der Waals surface area contributed by atoms with Crippen LogP contribution >= 0.6 is 39.3 Å². The lowest BCUT2D eigenvalue weighted by Gasteiger charge is -2.14. The van der Waals surface area contributed by atoms with E-state index in [-0.39, 0.29) is 22.2 Å². The number of carbonyl (C=O) groups excluding carboxylic acids is 2. The molecule has 4 aromatic rings. The molecule has 0 unspecified atom stereocenters. The number of anilines is 1. The molecular weight excluding hydrogens is 568 g/mol. The van der Waals surface area contributed by atoms with E-state index >= 15 is 0 Å². The molecule has 1 aliphatic carbocycles. The summed E-state index contributed by atoms with van der Waals surface area (Å²) in [6.45, 7) is 2.00. The maximum Gasteiger partial charge on any atom is 0.335 e. The Hall–Kier alpha value is -3.21. The molecule has 1 saturated carbocycles. The van der Waals surface area contributed by atoms with Crippen LogP contribution in [0.2, 0.25) is 5.02 Å². The highest BCUT2D eigenvalue weighted by molar-refractivity contribution is 9.10. The van der Waals surface area contributed by atoms with Crippen molar-refractivity contribution in [3.63, 3.8) is 0 Å². The van der Waals surface area contributed by atoms with Crippen molar-refractivity contribution in [3.05, 3.63) is 75.5 Å². The zero-order chi connectivity index (χ0) is 25.8. The average Bonchev–Trinajstić information content (AvgIpc) is 3.67. The number of benzene rings is 3. The number of aromatic carboxylic acids is 1. The fourth-order valence-electron chi connectivity index (χ4n) is 3.87. The predicted molar refractivity (Wildman–Crippen MR) is 143 cm³/mol. The van der Waals surface area contributed by atoms with Gasteiger partial charge in [-0.3, -0.25) is 9.36 Å². The van der Waals surface area contributed by atoms with Crippen LogP contribution in [0.3, 0.4) is 0 Å². The van der Waals surface area contributed by atoms with Gasteiger partial charge in [-0.15, -0.1) is 10.2 Å². The Bertz CT molecular complexity index is 1460. The standard InChI is InChI=1S/C24H18BrClN4O3S.CH2O/c25-23-28-29-24(34-12-21(31)27-19-9-7-14(22(32)33)11-18(19)26)30(23)20-10-8-15(13-5-6-13)16-3-1-2-4-17(16)20;1-2/h1-4,7-11,13H,5-6,12H2,(H,27,31)(H,32,33);1H2. The molecule has 8 nitrogen and oxygen atoms in total. The first-order valence-electron chi connectivity index (χ1n) is 10.8. The van der Waals surface area contributed by atoms with E-state index in [1.54, 1.807) is 0 Å². The minimum Gasteiger partial charge on any atom is -0.478 e. The van der Waals surface area contributed by atoms with Crippen molar-refractivity contribution in [2.45, 2.75) is 23.9 Å². The van der Waals surface area contributed by atoms with Gasteiger partial charge in [0, 0.05) is 5.39 Å². The number of nitrogens with zero attached hydrogens (tertiary/aromatic N) is 3. The molecule has 0 aliphatic heterocycles. The summed E-state index contributed by atoms with van der Waals surface area (Å²) in [6, 6.07) is 16.7. The Morgan fingerprint density at radius 3 is 2.50 bits per heavy atom. The van der Waals surface area contributed by atoms with Gasteiger partial charge in [0.05, 0.1) is 27.7 Å². The second kappa shape index (κ2) is 11.2. The highest BCUT2D eigenvalue weighted by atomic mass is 79.9. The number of fused-ring (bicyclic) bond motifs is 1. The van der Waals surface area contributed by atoms with Crippen LogP contribution < -0.4 is 5.32 Å². The zero-order valence-electron chi connectivity index (χ0n) is 18.8. The van der Waals surface area contributed by atoms with Gasteiger partial charge in [0.15, 0.2) is 5.16 Å². The minimum absolute atomic E-state index is 0.0512. The number of nitrogens with one attached hydrogen (secondary N) is 1. The molecule has 2 N–H and O–H groups in total. The summed E-state index contributed by atoms with van der Waals surface area (Å²) in [5.41, 5.74) is 2.70. The van der Waals surface area contributed by atoms with Crippen molar-refractivity contribution in [1.82, 2.24) is 14.8 Å². The molecule has 1 amide bonds. The highest BCUT2D eigenvalue weighted by Gasteiger charge is 2.26. The number of halogens is 2. The zero-order valence-corrected chi connectivity index (χ0v) is 21.9. The Morgan fingerprint density at radius 1 is 1.11 bits per heavy atom. The maximum atomic E-state index is 12.6. The Morgan fingerprint density at radius 2 is 1.83 bits per heavy atom. The number of rotatable bonds is 7. The number of carbonyl (C=O) groups is 3. The molecule has 1 aromatic heterocycles. The Balaban J connectivity index is 0.00000148. The van der Waals surface area contributed by atoms with Crippen LogP contribution in [0.1, 0.15) is 34.7 Å². The van der Waals surface area contributed by atoms with Crippen LogP contribution in [0.25, 0.3) is 16.5 Å². The van der Waals surface area contributed by atoms with Gasteiger partial charge in [0.25, 0.3) is 0 Å². The molecular formula is C25H20BrClN4O4S. The summed E-state index contributed by atoms with van der Waals surface area (Å²) < 4.78 is 2.44. The van der Waals surface area contributed by atoms with E-state index < -0.39 is 5.97 Å². The molecule has 36 heavy (non-hydrogen) atoms. The number of hydrogen-bond acceptors (Lipinski definition) is 6. The fourth-order valence-corrected chi connectivity index (χ4v) is 5.39. The first kappa shape index (κ1) is 25.9. The van der Waals surface area contributed by atoms with Gasteiger partial charge in [-0.25, -0.2) is 4.79 Å². The van der Waals surface area contributed by atoms with Crippen molar-refractivity contribution in [3.8, 4) is 5.69 Å². The molecule has 11 heteroatoms. The minimum atomic E-state index is -1.09. The van der Waals surface area contributed by atoms with Crippen molar-refractivity contribution < 1.29 is 19.5 Å². The number of hydrogen-bond donors (Lipinski definition) is 2. The molecule has 0 saturated heterocycles. The van der Waals surface area contributed by atoms with E-state index in [4.69, 9.17) is 21.5 Å². The van der Waals surface area contributed by atoms with E-state index in [9.17, 15) is 9.59 Å². The van der Waals surface area contributed by atoms with Crippen LogP contribution in [0.15, 0.2) is 64.5 Å². The molecule has 5 rings (SSSR count). The molecule has 0 spiro atoms. The molecule has 184 valence electrons. The lowest BCUT2D eigenvalue weighted by Crippen LogP contribution is -2.15. The van der Waals surface area contributed by atoms with E-state index in [2.05, 4.69) is 55.7 Å². The van der Waals surface area contributed by atoms with Crippen molar-refractivity contribution in [2.75, 3.05) is 11.1 Å². The van der Waals surface area contributed by atoms with Gasteiger partial charge in [-0.05, 0) is 69.9 Å². The third kappa shape index (κ3) is 5.45.